The molecule has 1 saturated heterocycles. The van der Waals surface area contributed by atoms with E-state index in [1.807, 2.05) is 85.8 Å². The number of hydrogen-bond acceptors (Lipinski definition) is 11. The van der Waals surface area contributed by atoms with Gasteiger partial charge >= 0.3 is 13.9 Å². The summed E-state index contributed by atoms with van der Waals surface area (Å²) in [4.78, 5) is 31.9. The Hall–Kier alpha value is -4.40. The van der Waals surface area contributed by atoms with Crippen LogP contribution in [0.3, 0.4) is 0 Å². The number of aromatic nitrogens is 3. The quantitative estimate of drug-likeness (QED) is 0.0854. The number of H-pyrrole nitrogens is 1. The number of nitrogens with zero attached hydrogens (tertiary/aromatic N) is 2. The topological polar surface area (TPSA) is 149 Å². The summed E-state index contributed by atoms with van der Waals surface area (Å²) in [6, 6.07) is 28.4. The average molecular weight is 948 g/mol. The molecule has 15 heteroatoms. The molecule has 0 spiro atoms. The molecule has 5 aromatic rings. The zero-order valence-corrected chi connectivity index (χ0v) is 34.6. The number of hydrogen-bond donors (Lipinski definition) is 1. The maximum Gasteiger partial charge on any atom is 0.330 e. The molecule has 1 N–H and O–H groups in total. The fraction of sp³-hybridized carbons (Fsp3) is 0.325. The largest absolute Gasteiger partial charge is 0.497 e. The van der Waals surface area contributed by atoms with Crippen LogP contribution in [0.2, 0.25) is 0 Å². The van der Waals surface area contributed by atoms with E-state index in [4.69, 9.17) is 32.7 Å². The van der Waals surface area contributed by atoms with Gasteiger partial charge in [0.15, 0.2) is 0 Å². The van der Waals surface area contributed by atoms with Gasteiger partial charge in [-0.1, -0.05) is 54.6 Å². The SMILES string of the molecule is CCOc1ccnc([C@@H](C)O[PH](=O)O[C@H]2C[C@H](n3cc(C)c(=O)[nH]c3=O)O[C@@H]2COC(c2ccccc2)(c2ccc(OC)cc2)c2ccc(OC)cc2)c1.[Os]. The Balaban J connectivity index is 0.00000580. The van der Waals surface area contributed by atoms with Gasteiger partial charge < -0.3 is 32.7 Å². The fourth-order valence-corrected chi connectivity index (χ4v) is 7.45. The van der Waals surface area contributed by atoms with E-state index >= 15 is 0 Å². The van der Waals surface area contributed by atoms with Gasteiger partial charge in [-0.05, 0) is 67.8 Å². The van der Waals surface area contributed by atoms with Crippen molar-refractivity contribution in [1.82, 2.24) is 14.5 Å². The Bertz CT molecular complexity index is 2100. The van der Waals surface area contributed by atoms with E-state index in [1.165, 1.54) is 10.8 Å². The van der Waals surface area contributed by atoms with Crippen LogP contribution in [0.1, 0.15) is 60.5 Å². The average Bonchev–Trinajstić information content (AvgIpc) is 3.59. The second kappa shape index (κ2) is 19.0. The van der Waals surface area contributed by atoms with Crippen molar-refractivity contribution in [1.29, 1.82) is 0 Å². The molecule has 5 atom stereocenters. The molecule has 0 saturated carbocycles. The van der Waals surface area contributed by atoms with Crippen LogP contribution in [0.15, 0.2) is 113 Å². The second-order valence-corrected chi connectivity index (χ2v) is 13.6. The molecule has 2 aromatic heterocycles. The molecule has 0 radical (unpaired) electrons. The number of ether oxygens (including phenoxy) is 5. The molecule has 0 amide bonds. The van der Waals surface area contributed by atoms with Crippen molar-refractivity contribution < 1.29 is 57.1 Å². The molecule has 3 heterocycles. The maximum atomic E-state index is 13.6. The number of aryl methyl sites for hydroxylation is 1. The fourth-order valence-electron chi connectivity index (χ4n) is 6.49. The normalized spacial score (nSPS) is 17.9. The summed E-state index contributed by atoms with van der Waals surface area (Å²) < 4.78 is 57.0. The van der Waals surface area contributed by atoms with E-state index in [2.05, 4.69) is 9.97 Å². The van der Waals surface area contributed by atoms with Crippen LogP contribution in [0.5, 0.6) is 17.2 Å². The minimum Gasteiger partial charge on any atom is -0.497 e. The van der Waals surface area contributed by atoms with Gasteiger partial charge in [-0.2, -0.15) is 0 Å². The predicted octanol–water partition coefficient (Wildman–Crippen LogP) is 6.50. The van der Waals surface area contributed by atoms with Crippen molar-refractivity contribution in [3.63, 3.8) is 0 Å². The van der Waals surface area contributed by atoms with Crippen molar-refractivity contribution in [3.8, 4) is 17.2 Å². The van der Waals surface area contributed by atoms with Crippen LogP contribution in [0.25, 0.3) is 0 Å². The summed E-state index contributed by atoms with van der Waals surface area (Å²) in [6.07, 6.45) is -0.128. The summed E-state index contributed by atoms with van der Waals surface area (Å²) >= 11 is 0. The van der Waals surface area contributed by atoms with Gasteiger partial charge in [-0.25, -0.2) is 4.79 Å². The summed E-state index contributed by atoms with van der Waals surface area (Å²) in [5, 5.41) is 0. The third-order valence-electron chi connectivity index (χ3n) is 9.27. The second-order valence-electron chi connectivity index (χ2n) is 12.7. The van der Waals surface area contributed by atoms with Crippen LogP contribution >= 0.6 is 8.25 Å². The molecule has 0 aliphatic carbocycles. The molecule has 6 rings (SSSR count). The summed E-state index contributed by atoms with van der Waals surface area (Å²) in [7, 11) is 0.0411. The number of aromatic amines is 1. The van der Waals surface area contributed by atoms with E-state index < -0.39 is 49.6 Å². The smallest absolute Gasteiger partial charge is 0.330 e. The van der Waals surface area contributed by atoms with Crippen molar-refractivity contribution >= 4 is 8.25 Å². The van der Waals surface area contributed by atoms with Gasteiger partial charge in [-0.15, -0.1) is 0 Å². The molecule has 292 valence electrons. The van der Waals surface area contributed by atoms with Gasteiger partial charge in [0.1, 0.15) is 41.3 Å². The number of nitrogens with one attached hydrogen (secondary N) is 1. The van der Waals surface area contributed by atoms with E-state index in [9.17, 15) is 14.2 Å². The van der Waals surface area contributed by atoms with Crippen LogP contribution < -0.4 is 25.5 Å². The third-order valence-corrected chi connectivity index (χ3v) is 10.3. The number of benzene rings is 3. The van der Waals surface area contributed by atoms with Crippen LogP contribution in [-0.2, 0) is 48.5 Å². The predicted molar refractivity (Wildman–Crippen MR) is 202 cm³/mol. The molecule has 1 fully saturated rings. The van der Waals surface area contributed by atoms with Crippen molar-refractivity contribution in [2.45, 2.75) is 57.3 Å². The van der Waals surface area contributed by atoms with Crippen molar-refractivity contribution in [2.75, 3.05) is 27.4 Å². The molecule has 3 aromatic carbocycles. The minimum absolute atomic E-state index is 0. The summed E-state index contributed by atoms with van der Waals surface area (Å²) in [5.74, 6) is 1.96. The zero-order valence-electron chi connectivity index (χ0n) is 31.1. The van der Waals surface area contributed by atoms with E-state index in [0.717, 1.165) is 16.7 Å². The molecular weight excluding hydrogens is 904 g/mol. The Morgan fingerprint density at radius 1 is 0.927 bits per heavy atom. The molecule has 1 aliphatic heterocycles. The molecule has 1 aliphatic rings. The first-order valence-electron chi connectivity index (χ1n) is 17.6. The Morgan fingerprint density at radius 2 is 1.55 bits per heavy atom. The monoisotopic (exact) mass is 949 g/mol. The van der Waals surface area contributed by atoms with Gasteiger partial charge in [0.2, 0.25) is 0 Å². The van der Waals surface area contributed by atoms with Gasteiger partial charge in [0, 0.05) is 50.2 Å². The summed E-state index contributed by atoms with van der Waals surface area (Å²) in [6.45, 7) is 5.60. The summed E-state index contributed by atoms with van der Waals surface area (Å²) in [5.41, 5.74) is 0.929. The van der Waals surface area contributed by atoms with Gasteiger partial charge in [0.05, 0.1) is 39.2 Å². The number of pyridine rings is 1. The Kier molecular flexibility index (Phi) is 14.4. The molecule has 0 bridgehead atoms. The maximum absolute atomic E-state index is 13.6. The standard InChI is InChI=1S/C40H44N3O10P.Os/c1-6-49-33-20-21-41-34(22-33)27(3)52-54(46)53-35-23-37(43-24-26(2)38(44)42-39(43)45)51-36(35)25-50-40(28-10-8-7-9-11-28,29-12-16-31(47-4)17-13-29)30-14-18-32(48-5)19-15-30;/h7-22,24,27,35-37,54H,6,23,25H2,1-5H3,(H,42,44,45);/t27-,35+,36-,37-;/m1./s1. The van der Waals surface area contributed by atoms with E-state index in [0.29, 0.717) is 35.1 Å². The molecule has 1 unspecified atom stereocenters. The first kappa shape index (κ1) is 41.8. The first-order chi connectivity index (χ1) is 26.1. The Morgan fingerprint density at radius 3 is 2.15 bits per heavy atom. The van der Waals surface area contributed by atoms with Crippen LogP contribution in [0.4, 0.5) is 0 Å². The van der Waals surface area contributed by atoms with Crippen LogP contribution in [0, 0.1) is 6.92 Å². The first-order valence-corrected chi connectivity index (χ1v) is 18.8. The van der Waals surface area contributed by atoms with Crippen LogP contribution in [-0.4, -0.2) is 54.2 Å². The zero-order chi connectivity index (χ0) is 38.2. The van der Waals surface area contributed by atoms with Gasteiger partial charge in [0.25, 0.3) is 5.56 Å². The van der Waals surface area contributed by atoms with Crippen molar-refractivity contribution in [3.05, 3.63) is 152 Å². The molecular formula is C40H44N3O10OsP. The third kappa shape index (κ3) is 9.53. The molecule has 13 nitrogen and oxygen atoms in total. The Labute approximate surface area is 332 Å². The minimum atomic E-state index is -3.17. The van der Waals surface area contributed by atoms with Gasteiger partial charge in [-0.3, -0.25) is 23.9 Å². The molecule has 55 heavy (non-hydrogen) atoms. The van der Waals surface area contributed by atoms with E-state index in [1.54, 1.807) is 46.4 Å². The van der Waals surface area contributed by atoms with E-state index in [-0.39, 0.29) is 32.8 Å². The number of rotatable bonds is 16. The number of methoxy groups -OCH3 is 2. The van der Waals surface area contributed by atoms with Crippen molar-refractivity contribution in [2.24, 2.45) is 0 Å².